The highest BCUT2D eigenvalue weighted by atomic mass is 35.5. The van der Waals surface area contributed by atoms with E-state index in [0.29, 0.717) is 33.2 Å². The zero-order valence-electron chi connectivity index (χ0n) is 20.0. The first-order valence-electron chi connectivity index (χ1n) is 11.0. The van der Waals surface area contributed by atoms with Crippen LogP contribution in [0.25, 0.3) is 5.76 Å². The van der Waals surface area contributed by atoms with Crippen molar-refractivity contribution in [1.82, 2.24) is 4.98 Å². The number of carbonyl (C=O) groups excluding carboxylic acids is 3. The predicted octanol–water partition coefficient (Wildman–Crippen LogP) is 5.22. The van der Waals surface area contributed by atoms with Crippen molar-refractivity contribution >= 4 is 51.5 Å². The molecule has 1 atom stereocenters. The van der Waals surface area contributed by atoms with Gasteiger partial charge in [-0.3, -0.25) is 14.5 Å². The number of methoxy groups -OCH3 is 1. The number of aryl methyl sites for hydroxylation is 2. The van der Waals surface area contributed by atoms with Crippen LogP contribution in [0.5, 0.6) is 5.75 Å². The van der Waals surface area contributed by atoms with Gasteiger partial charge in [0.15, 0.2) is 5.13 Å². The van der Waals surface area contributed by atoms with E-state index >= 15 is 0 Å². The third kappa shape index (κ3) is 4.47. The van der Waals surface area contributed by atoms with E-state index in [1.165, 1.54) is 12.0 Å². The third-order valence-corrected chi connectivity index (χ3v) is 7.16. The molecule has 8 nitrogen and oxygen atoms in total. The molecule has 2 aromatic carbocycles. The van der Waals surface area contributed by atoms with Gasteiger partial charge in [-0.15, -0.1) is 0 Å². The summed E-state index contributed by atoms with van der Waals surface area (Å²) in [6.07, 6.45) is 0. The Hall–Kier alpha value is -3.69. The van der Waals surface area contributed by atoms with Crippen LogP contribution in [0.15, 0.2) is 48.0 Å². The van der Waals surface area contributed by atoms with Crippen LogP contribution in [0.2, 0.25) is 5.02 Å². The average molecular weight is 527 g/mol. The van der Waals surface area contributed by atoms with Gasteiger partial charge in [0.05, 0.1) is 31.0 Å². The lowest BCUT2D eigenvalue weighted by Crippen LogP contribution is -2.29. The van der Waals surface area contributed by atoms with E-state index in [2.05, 4.69) is 4.98 Å². The first-order chi connectivity index (χ1) is 17.2. The number of amides is 1. The highest BCUT2D eigenvalue weighted by Gasteiger charge is 2.48. The fourth-order valence-electron chi connectivity index (χ4n) is 4.04. The molecule has 3 aromatic rings. The quantitative estimate of drug-likeness (QED) is 0.203. The summed E-state index contributed by atoms with van der Waals surface area (Å²) in [5, 5.41) is 12.0. The molecular formula is C26H23ClN2O6S. The Labute approximate surface area is 216 Å². The molecule has 0 radical (unpaired) electrons. The van der Waals surface area contributed by atoms with Gasteiger partial charge in [-0.2, -0.15) is 0 Å². The number of halogens is 1. The van der Waals surface area contributed by atoms with Crippen molar-refractivity contribution in [1.29, 1.82) is 0 Å². The number of rotatable bonds is 6. The molecule has 1 aliphatic heterocycles. The second-order valence-corrected chi connectivity index (χ2v) is 9.45. The molecule has 1 aromatic heterocycles. The number of Topliss-reactive ketones (excluding diaryl/α,β-unsaturated/α-hetero) is 1. The molecule has 1 saturated heterocycles. The minimum absolute atomic E-state index is 0.0962. The Morgan fingerprint density at radius 2 is 1.86 bits per heavy atom. The molecule has 1 fully saturated rings. The molecule has 36 heavy (non-hydrogen) atoms. The van der Waals surface area contributed by atoms with Gasteiger partial charge in [-0.05, 0) is 62.2 Å². The van der Waals surface area contributed by atoms with Crippen LogP contribution >= 0.6 is 22.9 Å². The number of aliphatic hydroxyl groups excluding tert-OH is 1. The summed E-state index contributed by atoms with van der Waals surface area (Å²) in [4.78, 5) is 44.9. The SMILES string of the molecule is CCOC(=O)c1sc(N2C(=O)C(=O)/C(=C(/O)c3ccc(OC)cc3C)C2c2ccc(Cl)cc2)nc1C. The number of ether oxygens (including phenoxy) is 2. The van der Waals surface area contributed by atoms with Gasteiger partial charge in [0.1, 0.15) is 16.4 Å². The second-order valence-electron chi connectivity index (χ2n) is 8.03. The number of thiazole rings is 1. The lowest BCUT2D eigenvalue weighted by molar-refractivity contribution is -0.132. The van der Waals surface area contributed by atoms with Gasteiger partial charge in [0, 0.05) is 10.6 Å². The number of carbonyl (C=O) groups is 3. The number of benzene rings is 2. The molecule has 1 aliphatic rings. The van der Waals surface area contributed by atoms with E-state index in [-0.39, 0.29) is 27.9 Å². The molecule has 0 aliphatic carbocycles. The van der Waals surface area contributed by atoms with Crippen LogP contribution in [0.1, 0.15) is 45.0 Å². The summed E-state index contributed by atoms with van der Waals surface area (Å²) < 4.78 is 10.3. The van der Waals surface area contributed by atoms with Crippen LogP contribution < -0.4 is 9.64 Å². The largest absolute Gasteiger partial charge is 0.507 e. The molecule has 1 amide bonds. The molecular weight excluding hydrogens is 504 g/mol. The Kier molecular flexibility index (Phi) is 7.14. The number of hydrogen-bond donors (Lipinski definition) is 1. The van der Waals surface area contributed by atoms with Crippen molar-refractivity contribution < 1.29 is 29.0 Å². The Bertz CT molecular complexity index is 1400. The molecule has 0 saturated carbocycles. The van der Waals surface area contributed by atoms with Crippen LogP contribution in [0.3, 0.4) is 0 Å². The lowest BCUT2D eigenvalue weighted by Gasteiger charge is -2.23. The number of aromatic nitrogens is 1. The van der Waals surface area contributed by atoms with Gasteiger partial charge < -0.3 is 14.6 Å². The molecule has 10 heteroatoms. The monoisotopic (exact) mass is 526 g/mol. The Balaban J connectivity index is 1.92. The van der Waals surface area contributed by atoms with E-state index in [1.807, 2.05) is 0 Å². The van der Waals surface area contributed by atoms with Gasteiger partial charge in [-0.1, -0.05) is 35.1 Å². The van der Waals surface area contributed by atoms with Crippen molar-refractivity contribution in [2.75, 3.05) is 18.6 Å². The summed E-state index contributed by atoms with van der Waals surface area (Å²) in [5.41, 5.74) is 1.85. The average Bonchev–Trinajstić information content (AvgIpc) is 3.36. The van der Waals surface area contributed by atoms with Crippen LogP contribution in [0.4, 0.5) is 5.13 Å². The Morgan fingerprint density at radius 1 is 1.17 bits per heavy atom. The first-order valence-corrected chi connectivity index (χ1v) is 12.2. The predicted molar refractivity (Wildman–Crippen MR) is 137 cm³/mol. The highest BCUT2D eigenvalue weighted by Crippen LogP contribution is 2.44. The number of aliphatic hydroxyl groups is 1. The van der Waals surface area contributed by atoms with Gasteiger partial charge in [0.2, 0.25) is 0 Å². The van der Waals surface area contributed by atoms with Crippen molar-refractivity contribution in [2.24, 2.45) is 0 Å². The summed E-state index contributed by atoms with van der Waals surface area (Å²) in [5.74, 6) is -2.04. The minimum atomic E-state index is -0.996. The van der Waals surface area contributed by atoms with Crippen molar-refractivity contribution in [3.8, 4) is 5.75 Å². The Morgan fingerprint density at radius 3 is 2.47 bits per heavy atom. The van der Waals surface area contributed by atoms with Gasteiger partial charge >= 0.3 is 11.9 Å². The zero-order valence-corrected chi connectivity index (χ0v) is 21.6. The zero-order chi connectivity index (χ0) is 26.1. The van der Waals surface area contributed by atoms with Crippen molar-refractivity contribution in [3.05, 3.63) is 80.3 Å². The second kappa shape index (κ2) is 10.1. The molecule has 1 N–H and O–H groups in total. The highest BCUT2D eigenvalue weighted by molar-refractivity contribution is 7.17. The smallest absolute Gasteiger partial charge is 0.350 e. The fourth-order valence-corrected chi connectivity index (χ4v) is 5.15. The number of nitrogens with zero attached hydrogens (tertiary/aromatic N) is 2. The summed E-state index contributed by atoms with van der Waals surface area (Å²) in [6.45, 7) is 5.26. The third-order valence-electron chi connectivity index (χ3n) is 5.77. The maximum absolute atomic E-state index is 13.3. The lowest BCUT2D eigenvalue weighted by atomic mass is 9.94. The molecule has 0 spiro atoms. The van der Waals surface area contributed by atoms with E-state index in [0.717, 1.165) is 11.3 Å². The normalized spacial score (nSPS) is 16.9. The summed E-state index contributed by atoms with van der Waals surface area (Å²) in [6, 6.07) is 10.6. The molecule has 186 valence electrons. The summed E-state index contributed by atoms with van der Waals surface area (Å²) in [7, 11) is 1.53. The number of hydrogen-bond acceptors (Lipinski definition) is 8. The number of ketones is 1. The van der Waals surface area contributed by atoms with Crippen LogP contribution in [-0.2, 0) is 14.3 Å². The molecule has 1 unspecified atom stereocenters. The van der Waals surface area contributed by atoms with E-state index in [9.17, 15) is 19.5 Å². The maximum Gasteiger partial charge on any atom is 0.350 e. The standard InChI is InChI=1S/C26H23ClN2O6S/c1-5-35-25(33)23-14(3)28-26(36-23)29-20(15-6-8-16(27)9-7-15)19(22(31)24(29)32)21(30)18-11-10-17(34-4)12-13(18)2/h6-12,20,30H,5H2,1-4H3/b21-19+. The van der Waals surface area contributed by atoms with E-state index < -0.39 is 23.7 Å². The van der Waals surface area contributed by atoms with Crippen LogP contribution in [0, 0.1) is 13.8 Å². The first kappa shape index (κ1) is 25.4. The van der Waals surface area contributed by atoms with Crippen molar-refractivity contribution in [3.63, 3.8) is 0 Å². The van der Waals surface area contributed by atoms with E-state index in [4.69, 9.17) is 21.1 Å². The van der Waals surface area contributed by atoms with Crippen LogP contribution in [-0.4, -0.2) is 41.5 Å². The fraction of sp³-hybridized carbons (Fsp3) is 0.231. The van der Waals surface area contributed by atoms with Gasteiger partial charge in [-0.25, -0.2) is 9.78 Å². The van der Waals surface area contributed by atoms with Gasteiger partial charge in [0.25, 0.3) is 5.78 Å². The van der Waals surface area contributed by atoms with E-state index in [1.54, 1.807) is 63.2 Å². The van der Waals surface area contributed by atoms with Crippen molar-refractivity contribution in [2.45, 2.75) is 26.8 Å². The molecule has 4 rings (SSSR count). The molecule has 2 heterocycles. The topological polar surface area (TPSA) is 106 Å². The molecule has 0 bridgehead atoms. The maximum atomic E-state index is 13.3. The minimum Gasteiger partial charge on any atom is -0.507 e. The number of esters is 1. The summed E-state index contributed by atoms with van der Waals surface area (Å²) >= 11 is 7.03. The number of anilines is 1.